The largest absolute Gasteiger partial charge is 0.492 e. The summed E-state index contributed by atoms with van der Waals surface area (Å²) in [5.74, 6) is 0.658. The molecule has 0 aliphatic heterocycles. The number of ether oxygens (including phenoxy) is 1. The third kappa shape index (κ3) is 4.40. The molecule has 0 fully saturated rings. The number of urea groups is 1. The summed E-state index contributed by atoms with van der Waals surface area (Å²) >= 11 is 1.59. The molecular weight excluding hydrogens is 346 g/mol. The molecule has 5 nitrogen and oxygen atoms in total. The van der Waals surface area contributed by atoms with Crippen LogP contribution < -0.4 is 15.4 Å². The highest BCUT2D eigenvalue weighted by Gasteiger charge is 2.11. The lowest BCUT2D eigenvalue weighted by molar-refractivity contribution is 0.251. The Balaban J connectivity index is 1.63. The van der Waals surface area contributed by atoms with E-state index in [2.05, 4.69) is 15.6 Å². The third-order valence-corrected chi connectivity index (χ3v) is 4.96. The minimum atomic E-state index is -0.272. The van der Waals surface area contributed by atoms with E-state index in [0.29, 0.717) is 24.6 Å². The van der Waals surface area contributed by atoms with Crippen molar-refractivity contribution in [2.75, 3.05) is 11.9 Å². The number of nitrogens with one attached hydrogen (secondary N) is 2. The first-order valence-electron chi connectivity index (χ1n) is 8.45. The van der Waals surface area contributed by atoms with Crippen LogP contribution in [-0.2, 0) is 6.54 Å². The number of hydrogen-bond acceptors (Lipinski definition) is 4. The van der Waals surface area contributed by atoms with Gasteiger partial charge >= 0.3 is 6.03 Å². The second-order valence-electron chi connectivity index (χ2n) is 5.63. The van der Waals surface area contributed by atoms with Gasteiger partial charge in [-0.15, -0.1) is 11.3 Å². The molecule has 0 aliphatic carbocycles. The highest BCUT2D eigenvalue weighted by atomic mass is 32.1. The van der Waals surface area contributed by atoms with Crippen LogP contribution in [0.2, 0.25) is 0 Å². The van der Waals surface area contributed by atoms with Gasteiger partial charge in [-0.3, -0.25) is 0 Å². The van der Waals surface area contributed by atoms with E-state index in [1.54, 1.807) is 11.3 Å². The summed E-state index contributed by atoms with van der Waals surface area (Å²) in [5.41, 5.74) is 2.67. The molecular formula is C20H21N3O2S. The third-order valence-electron chi connectivity index (χ3n) is 3.76. The molecule has 26 heavy (non-hydrogen) atoms. The Hall–Kier alpha value is -2.86. The fourth-order valence-electron chi connectivity index (χ4n) is 2.47. The minimum Gasteiger partial charge on any atom is -0.492 e. The maximum atomic E-state index is 12.2. The summed E-state index contributed by atoms with van der Waals surface area (Å²) in [5, 5.41) is 6.68. The Labute approximate surface area is 157 Å². The fraction of sp³-hybridized carbons (Fsp3) is 0.200. The van der Waals surface area contributed by atoms with E-state index in [0.717, 1.165) is 21.1 Å². The van der Waals surface area contributed by atoms with Gasteiger partial charge in [0.15, 0.2) is 0 Å². The van der Waals surface area contributed by atoms with Crippen LogP contribution in [0.3, 0.4) is 0 Å². The average molecular weight is 367 g/mol. The molecule has 2 amide bonds. The van der Waals surface area contributed by atoms with Crippen molar-refractivity contribution in [3.63, 3.8) is 0 Å². The zero-order chi connectivity index (χ0) is 18.4. The highest BCUT2D eigenvalue weighted by Crippen LogP contribution is 2.28. The van der Waals surface area contributed by atoms with Crippen molar-refractivity contribution in [3.05, 3.63) is 65.2 Å². The predicted octanol–water partition coefficient (Wildman–Crippen LogP) is 4.84. The van der Waals surface area contributed by atoms with Gasteiger partial charge in [0.1, 0.15) is 10.8 Å². The number of hydrogen-bond donors (Lipinski definition) is 2. The van der Waals surface area contributed by atoms with Gasteiger partial charge in [0, 0.05) is 10.4 Å². The normalized spacial score (nSPS) is 10.4. The van der Waals surface area contributed by atoms with E-state index in [9.17, 15) is 4.79 Å². The molecule has 2 aromatic carbocycles. The van der Waals surface area contributed by atoms with Crippen LogP contribution in [0, 0.1) is 6.92 Å². The number of benzene rings is 2. The number of anilines is 1. The van der Waals surface area contributed by atoms with E-state index in [1.807, 2.05) is 68.4 Å². The summed E-state index contributed by atoms with van der Waals surface area (Å²) in [6.07, 6.45) is 0. The number of aromatic nitrogens is 1. The monoisotopic (exact) mass is 367 g/mol. The van der Waals surface area contributed by atoms with E-state index >= 15 is 0 Å². The fourth-order valence-corrected chi connectivity index (χ4v) is 3.48. The molecule has 2 N–H and O–H groups in total. The van der Waals surface area contributed by atoms with Crippen molar-refractivity contribution in [1.82, 2.24) is 10.3 Å². The highest BCUT2D eigenvalue weighted by molar-refractivity contribution is 7.15. The van der Waals surface area contributed by atoms with Crippen molar-refractivity contribution in [2.45, 2.75) is 20.4 Å². The predicted molar refractivity (Wildman–Crippen MR) is 106 cm³/mol. The van der Waals surface area contributed by atoms with Crippen LogP contribution in [0.15, 0.2) is 54.6 Å². The first kappa shape index (κ1) is 17.9. The molecule has 3 rings (SSSR count). The van der Waals surface area contributed by atoms with Crippen LogP contribution >= 0.6 is 11.3 Å². The van der Waals surface area contributed by atoms with Crippen LogP contribution in [0.25, 0.3) is 10.6 Å². The van der Waals surface area contributed by atoms with Crippen molar-refractivity contribution >= 4 is 23.1 Å². The summed E-state index contributed by atoms with van der Waals surface area (Å²) in [7, 11) is 0. The van der Waals surface area contributed by atoms with Crippen LogP contribution in [-0.4, -0.2) is 17.6 Å². The molecule has 0 unspecified atom stereocenters. The van der Waals surface area contributed by atoms with E-state index in [4.69, 9.17) is 4.74 Å². The lowest BCUT2D eigenvalue weighted by Gasteiger charge is -2.11. The maximum absolute atomic E-state index is 12.2. The molecule has 0 radical (unpaired) electrons. The number of nitrogens with zero attached hydrogens (tertiary/aromatic N) is 1. The number of carbonyl (C=O) groups excluding carboxylic acids is 1. The molecule has 1 heterocycles. The second kappa shape index (κ2) is 8.49. The van der Waals surface area contributed by atoms with E-state index in [1.165, 1.54) is 0 Å². The average Bonchev–Trinajstić information content (AvgIpc) is 3.03. The van der Waals surface area contributed by atoms with Gasteiger partial charge in [0.25, 0.3) is 0 Å². The molecule has 134 valence electrons. The number of aryl methyl sites for hydroxylation is 1. The Morgan fingerprint density at radius 2 is 1.85 bits per heavy atom. The molecule has 0 saturated heterocycles. The van der Waals surface area contributed by atoms with Gasteiger partial charge in [-0.2, -0.15) is 0 Å². The first-order valence-corrected chi connectivity index (χ1v) is 9.27. The Kier molecular flexibility index (Phi) is 5.86. The molecule has 6 heteroatoms. The van der Waals surface area contributed by atoms with Gasteiger partial charge < -0.3 is 15.4 Å². The number of amides is 2. The van der Waals surface area contributed by atoms with Crippen molar-refractivity contribution < 1.29 is 9.53 Å². The van der Waals surface area contributed by atoms with E-state index in [-0.39, 0.29) is 6.03 Å². The number of rotatable bonds is 6. The van der Waals surface area contributed by atoms with Crippen molar-refractivity contribution in [2.24, 2.45) is 0 Å². The zero-order valence-electron chi connectivity index (χ0n) is 14.8. The van der Waals surface area contributed by atoms with Crippen molar-refractivity contribution in [1.29, 1.82) is 0 Å². The van der Waals surface area contributed by atoms with Gasteiger partial charge in [-0.1, -0.05) is 42.5 Å². The molecule has 0 spiro atoms. The molecule has 0 atom stereocenters. The molecule has 1 aromatic heterocycles. The van der Waals surface area contributed by atoms with Crippen LogP contribution in [0.4, 0.5) is 10.5 Å². The summed E-state index contributed by atoms with van der Waals surface area (Å²) in [4.78, 5) is 17.9. The standard InChI is InChI=1S/C20H21N3O2S/c1-3-25-17-12-8-7-11-16(17)23-20(24)21-13-18-14(2)22-19(26-18)15-9-5-4-6-10-15/h4-12H,3,13H2,1-2H3,(H2,21,23,24). The zero-order valence-corrected chi connectivity index (χ0v) is 15.6. The van der Waals surface area contributed by atoms with Crippen LogP contribution in [0.1, 0.15) is 17.5 Å². The number of para-hydroxylation sites is 2. The topological polar surface area (TPSA) is 63.2 Å². The molecule has 0 saturated carbocycles. The SMILES string of the molecule is CCOc1ccccc1NC(=O)NCc1sc(-c2ccccc2)nc1C. The quantitative estimate of drug-likeness (QED) is 0.655. The summed E-state index contributed by atoms with van der Waals surface area (Å²) in [6.45, 7) is 4.84. The Morgan fingerprint density at radius 3 is 2.62 bits per heavy atom. The van der Waals surface area contributed by atoms with E-state index < -0.39 is 0 Å². The molecule has 0 bridgehead atoms. The van der Waals surface area contributed by atoms with Crippen LogP contribution in [0.5, 0.6) is 5.75 Å². The molecule has 3 aromatic rings. The minimum absolute atomic E-state index is 0.272. The van der Waals surface area contributed by atoms with Gasteiger partial charge in [0.2, 0.25) is 0 Å². The number of thiazole rings is 1. The lowest BCUT2D eigenvalue weighted by Crippen LogP contribution is -2.28. The molecule has 0 aliphatic rings. The lowest BCUT2D eigenvalue weighted by atomic mass is 10.2. The smallest absolute Gasteiger partial charge is 0.319 e. The van der Waals surface area contributed by atoms with Crippen molar-refractivity contribution in [3.8, 4) is 16.3 Å². The Bertz CT molecular complexity index is 878. The number of carbonyl (C=O) groups is 1. The second-order valence-corrected chi connectivity index (χ2v) is 6.71. The maximum Gasteiger partial charge on any atom is 0.319 e. The van der Waals surface area contributed by atoms with Gasteiger partial charge in [-0.05, 0) is 26.0 Å². The van der Waals surface area contributed by atoms with Gasteiger partial charge in [0.05, 0.1) is 24.5 Å². The first-order chi connectivity index (χ1) is 12.7. The van der Waals surface area contributed by atoms with Gasteiger partial charge in [-0.25, -0.2) is 9.78 Å². The Morgan fingerprint density at radius 1 is 1.12 bits per heavy atom. The summed E-state index contributed by atoms with van der Waals surface area (Å²) < 4.78 is 5.52. The summed E-state index contributed by atoms with van der Waals surface area (Å²) in [6, 6.07) is 17.1.